The van der Waals surface area contributed by atoms with Gasteiger partial charge in [-0.15, -0.1) is 0 Å². The molecule has 1 fully saturated rings. The van der Waals surface area contributed by atoms with Crippen molar-refractivity contribution in [2.45, 2.75) is 18.9 Å². The van der Waals surface area contributed by atoms with E-state index in [9.17, 15) is 4.79 Å². The van der Waals surface area contributed by atoms with Crippen LogP contribution in [0.15, 0.2) is 12.3 Å². The lowest BCUT2D eigenvalue weighted by Gasteiger charge is -2.22. The average Bonchev–Trinajstić information content (AvgIpc) is 3.10. The molecule has 1 heterocycles. The molecule has 1 aliphatic rings. The number of nitrogens with zero attached hydrogens (tertiary/aromatic N) is 2. The highest BCUT2D eigenvalue weighted by atomic mass is 16.4. The summed E-state index contributed by atoms with van der Waals surface area (Å²) >= 11 is 0. The first kappa shape index (κ1) is 11.7. The molecule has 6 heteroatoms. The molecular weight excluding hydrogens is 222 g/mol. The van der Waals surface area contributed by atoms with Gasteiger partial charge in [-0.25, -0.2) is 9.78 Å². The standard InChI is InChI=1S/C11H15N3O3/c12-9-6-13-10(5-8(9)11(16)17)14(3-4-15)7-1-2-7/h5-7,15H,1-4,12H2,(H,16,17). The molecule has 0 saturated heterocycles. The third-order valence-electron chi connectivity index (χ3n) is 2.77. The zero-order chi connectivity index (χ0) is 12.4. The first-order chi connectivity index (χ1) is 8.13. The fourth-order valence-corrected chi connectivity index (χ4v) is 1.78. The molecule has 0 radical (unpaired) electrons. The molecule has 1 aromatic rings. The van der Waals surface area contributed by atoms with Gasteiger partial charge in [0.15, 0.2) is 0 Å². The number of rotatable bonds is 5. The van der Waals surface area contributed by atoms with Crippen molar-refractivity contribution in [3.63, 3.8) is 0 Å². The molecule has 0 bridgehead atoms. The van der Waals surface area contributed by atoms with E-state index < -0.39 is 5.97 Å². The lowest BCUT2D eigenvalue weighted by molar-refractivity contribution is 0.0698. The maximum absolute atomic E-state index is 11.0. The Morgan fingerprint density at radius 2 is 2.29 bits per heavy atom. The molecular formula is C11H15N3O3. The van der Waals surface area contributed by atoms with E-state index in [4.69, 9.17) is 15.9 Å². The largest absolute Gasteiger partial charge is 0.478 e. The highest BCUT2D eigenvalue weighted by Crippen LogP contribution is 2.31. The summed E-state index contributed by atoms with van der Waals surface area (Å²) in [5.74, 6) is -0.501. The monoisotopic (exact) mass is 237 g/mol. The maximum Gasteiger partial charge on any atom is 0.337 e. The molecule has 0 aromatic carbocycles. The third kappa shape index (κ3) is 2.47. The van der Waals surface area contributed by atoms with Crippen LogP contribution >= 0.6 is 0 Å². The fraction of sp³-hybridized carbons (Fsp3) is 0.455. The van der Waals surface area contributed by atoms with Crippen molar-refractivity contribution in [2.24, 2.45) is 0 Å². The smallest absolute Gasteiger partial charge is 0.337 e. The molecule has 0 amide bonds. The highest BCUT2D eigenvalue weighted by Gasteiger charge is 2.30. The molecule has 1 aliphatic carbocycles. The normalized spacial score (nSPS) is 14.6. The van der Waals surface area contributed by atoms with E-state index in [1.165, 1.54) is 12.3 Å². The molecule has 0 spiro atoms. The molecule has 1 aromatic heterocycles. The Bertz CT molecular complexity index is 432. The van der Waals surface area contributed by atoms with Crippen molar-refractivity contribution in [1.82, 2.24) is 4.98 Å². The summed E-state index contributed by atoms with van der Waals surface area (Å²) in [5.41, 5.74) is 5.75. The van der Waals surface area contributed by atoms with Gasteiger partial charge < -0.3 is 20.8 Å². The van der Waals surface area contributed by atoms with Crippen LogP contribution in [0.5, 0.6) is 0 Å². The molecule has 0 atom stereocenters. The second kappa shape index (κ2) is 4.58. The first-order valence-electron chi connectivity index (χ1n) is 5.49. The van der Waals surface area contributed by atoms with Crippen LogP contribution in [0.1, 0.15) is 23.2 Å². The van der Waals surface area contributed by atoms with Crippen molar-refractivity contribution in [2.75, 3.05) is 23.8 Å². The van der Waals surface area contributed by atoms with Crippen LogP contribution in [0.25, 0.3) is 0 Å². The molecule has 4 N–H and O–H groups in total. The van der Waals surface area contributed by atoms with Gasteiger partial charge in [-0.1, -0.05) is 0 Å². The predicted octanol–water partition coefficient (Wildman–Crippen LogP) is 0.323. The fourth-order valence-electron chi connectivity index (χ4n) is 1.78. The zero-order valence-corrected chi connectivity index (χ0v) is 9.33. The number of hydrogen-bond donors (Lipinski definition) is 3. The van der Waals surface area contributed by atoms with Gasteiger partial charge in [0.2, 0.25) is 0 Å². The predicted molar refractivity (Wildman–Crippen MR) is 63.1 cm³/mol. The molecule has 0 aliphatic heterocycles. The number of carboxylic acid groups (broad SMARTS) is 1. The lowest BCUT2D eigenvalue weighted by atomic mass is 10.2. The van der Waals surface area contributed by atoms with Crippen LogP contribution in [-0.2, 0) is 0 Å². The highest BCUT2D eigenvalue weighted by molar-refractivity contribution is 5.94. The number of pyridine rings is 1. The van der Waals surface area contributed by atoms with Crippen molar-refractivity contribution >= 4 is 17.5 Å². The Morgan fingerprint density at radius 1 is 1.59 bits per heavy atom. The van der Waals surface area contributed by atoms with Crippen LogP contribution in [-0.4, -0.2) is 40.4 Å². The number of aliphatic hydroxyl groups excluding tert-OH is 1. The number of aromatic carboxylic acids is 1. The number of nitrogens with two attached hydrogens (primary N) is 1. The summed E-state index contributed by atoms with van der Waals surface area (Å²) in [7, 11) is 0. The summed E-state index contributed by atoms with van der Waals surface area (Å²) < 4.78 is 0. The summed E-state index contributed by atoms with van der Waals surface area (Å²) in [6.45, 7) is 0.478. The number of anilines is 2. The maximum atomic E-state index is 11.0. The van der Waals surface area contributed by atoms with E-state index in [0.717, 1.165) is 12.8 Å². The molecule has 1 saturated carbocycles. The number of carbonyl (C=O) groups is 1. The van der Waals surface area contributed by atoms with E-state index in [-0.39, 0.29) is 17.9 Å². The van der Waals surface area contributed by atoms with Crippen LogP contribution < -0.4 is 10.6 Å². The van der Waals surface area contributed by atoms with E-state index >= 15 is 0 Å². The van der Waals surface area contributed by atoms with Gasteiger partial charge in [0, 0.05) is 12.6 Å². The van der Waals surface area contributed by atoms with Crippen LogP contribution in [0.3, 0.4) is 0 Å². The minimum absolute atomic E-state index is 0.0188. The topological polar surface area (TPSA) is 99.7 Å². The van der Waals surface area contributed by atoms with Gasteiger partial charge in [0.05, 0.1) is 24.1 Å². The SMILES string of the molecule is Nc1cnc(N(CCO)C2CC2)cc1C(=O)O. The third-order valence-corrected chi connectivity index (χ3v) is 2.77. The second-order valence-corrected chi connectivity index (χ2v) is 4.08. The summed E-state index contributed by atoms with van der Waals surface area (Å²) in [5, 5.41) is 18.0. The number of aromatic nitrogens is 1. The molecule has 2 rings (SSSR count). The van der Waals surface area contributed by atoms with Crippen LogP contribution in [0, 0.1) is 0 Å². The van der Waals surface area contributed by atoms with Gasteiger partial charge in [0.25, 0.3) is 0 Å². The van der Waals surface area contributed by atoms with Gasteiger partial charge >= 0.3 is 5.97 Å². The molecule has 92 valence electrons. The van der Waals surface area contributed by atoms with E-state index in [2.05, 4.69) is 4.98 Å². The van der Waals surface area contributed by atoms with Gasteiger partial charge in [-0.05, 0) is 18.9 Å². The Hall–Kier alpha value is -1.82. The quantitative estimate of drug-likeness (QED) is 0.682. The average molecular weight is 237 g/mol. The van der Waals surface area contributed by atoms with Crippen LogP contribution in [0.2, 0.25) is 0 Å². The van der Waals surface area contributed by atoms with E-state index in [1.54, 1.807) is 0 Å². The molecule has 17 heavy (non-hydrogen) atoms. The van der Waals surface area contributed by atoms with E-state index in [0.29, 0.717) is 18.4 Å². The van der Waals surface area contributed by atoms with Crippen molar-refractivity contribution in [3.05, 3.63) is 17.8 Å². The number of aliphatic hydroxyl groups is 1. The molecule has 0 unspecified atom stereocenters. The van der Waals surface area contributed by atoms with Crippen molar-refractivity contribution in [1.29, 1.82) is 0 Å². The Kier molecular flexibility index (Phi) is 3.14. The van der Waals surface area contributed by atoms with Crippen molar-refractivity contribution in [3.8, 4) is 0 Å². The Balaban J connectivity index is 2.30. The summed E-state index contributed by atoms with van der Waals surface area (Å²) in [6, 6.07) is 1.82. The number of nitrogen functional groups attached to an aromatic ring is 1. The first-order valence-corrected chi connectivity index (χ1v) is 5.49. The lowest BCUT2D eigenvalue weighted by Crippen LogP contribution is -2.30. The van der Waals surface area contributed by atoms with E-state index in [1.807, 2.05) is 4.90 Å². The number of carboxylic acids is 1. The second-order valence-electron chi connectivity index (χ2n) is 4.08. The minimum atomic E-state index is -1.06. The number of hydrogen-bond acceptors (Lipinski definition) is 5. The van der Waals surface area contributed by atoms with Gasteiger partial charge in [0.1, 0.15) is 5.82 Å². The zero-order valence-electron chi connectivity index (χ0n) is 9.33. The van der Waals surface area contributed by atoms with Gasteiger partial charge in [-0.2, -0.15) is 0 Å². The minimum Gasteiger partial charge on any atom is -0.478 e. The summed E-state index contributed by atoms with van der Waals surface area (Å²) in [4.78, 5) is 17.0. The van der Waals surface area contributed by atoms with Gasteiger partial charge in [-0.3, -0.25) is 0 Å². The summed E-state index contributed by atoms with van der Waals surface area (Å²) in [6.07, 6.45) is 3.45. The van der Waals surface area contributed by atoms with Crippen molar-refractivity contribution < 1.29 is 15.0 Å². The Labute approximate surface area is 98.7 Å². The Morgan fingerprint density at radius 3 is 2.82 bits per heavy atom. The van der Waals surface area contributed by atoms with Crippen LogP contribution in [0.4, 0.5) is 11.5 Å². The molecule has 6 nitrogen and oxygen atoms in total.